The molecule has 1 heterocycles. The quantitative estimate of drug-likeness (QED) is 0.641. The van der Waals surface area contributed by atoms with Crippen LogP contribution < -0.4 is 0 Å². The summed E-state index contributed by atoms with van der Waals surface area (Å²) in [5.74, 6) is 0. The Balaban J connectivity index is 0.000000226. The fourth-order valence-corrected chi connectivity index (χ4v) is 0.532. The molecule has 7 heteroatoms. The average molecular weight is 208 g/mol. The first kappa shape index (κ1) is 12.1. The Morgan fingerprint density at radius 2 is 2.31 bits per heavy atom. The zero-order valence-corrected chi connectivity index (χ0v) is 8.07. The molecule has 1 aliphatic rings. The van der Waals surface area contributed by atoms with Gasteiger partial charge < -0.3 is 4.90 Å². The van der Waals surface area contributed by atoms with Gasteiger partial charge >= 0.3 is 10.4 Å². The molecule has 0 aromatic rings. The molecule has 6 nitrogen and oxygen atoms in total. The summed E-state index contributed by atoms with van der Waals surface area (Å²) in [6, 6.07) is 0. The standard InChI is InChI=1S/C5H8N2.CH4O4S/c1-2-7-4-3-6-5-7;1-5-6(2,3)4/h2,5H,1,3-4H2;1H3,(H,2,3,4). The summed E-state index contributed by atoms with van der Waals surface area (Å²) < 4.78 is 29.7. The van der Waals surface area contributed by atoms with Crippen molar-refractivity contribution in [3.05, 3.63) is 12.8 Å². The first-order valence-corrected chi connectivity index (χ1v) is 4.77. The lowest BCUT2D eigenvalue weighted by Crippen LogP contribution is -2.09. The second-order valence-corrected chi connectivity index (χ2v) is 3.23. The van der Waals surface area contributed by atoms with E-state index < -0.39 is 10.4 Å². The van der Waals surface area contributed by atoms with Crippen molar-refractivity contribution in [2.45, 2.75) is 0 Å². The van der Waals surface area contributed by atoms with Crippen LogP contribution in [0.5, 0.6) is 0 Å². The molecule has 0 fully saturated rings. The summed E-state index contributed by atoms with van der Waals surface area (Å²) in [5.41, 5.74) is 0. The Morgan fingerprint density at radius 1 is 1.77 bits per heavy atom. The van der Waals surface area contributed by atoms with Crippen molar-refractivity contribution in [1.29, 1.82) is 0 Å². The summed E-state index contributed by atoms with van der Waals surface area (Å²) in [5, 5.41) is 0. The van der Waals surface area contributed by atoms with E-state index in [1.807, 2.05) is 4.90 Å². The average Bonchev–Trinajstić information content (AvgIpc) is 2.56. The maximum absolute atomic E-state index is 9.33. The van der Waals surface area contributed by atoms with E-state index in [9.17, 15) is 8.42 Å². The zero-order chi connectivity index (χ0) is 10.3. The van der Waals surface area contributed by atoms with Crippen molar-refractivity contribution >= 4 is 16.7 Å². The molecule has 0 spiro atoms. The van der Waals surface area contributed by atoms with Crippen LogP contribution in [0.4, 0.5) is 0 Å². The van der Waals surface area contributed by atoms with Gasteiger partial charge in [-0.15, -0.1) is 0 Å². The van der Waals surface area contributed by atoms with Crippen LogP contribution in [-0.4, -0.2) is 44.4 Å². The van der Waals surface area contributed by atoms with Gasteiger partial charge in [-0.05, 0) is 6.20 Å². The SMILES string of the molecule is C=CN1C=NCC1.COS(=O)(=O)O. The lowest BCUT2D eigenvalue weighted by molar-refractivity contribution is 0.324. The lowest BCUT2D eigenvalue weighted by Gasteiger charge is -2.02. The predicted molar refractivity (Wildman–Crippen MR) is 48.8 cm³/mol. The summed E-state index contributed by atoms with van der Waals surface area (Å²) in [6.07, 6.45) is 3.57. The Morgan fingerprint density at radius 3 is 2.46 bits per heavy atom. The van der Waals surface area contributed by atoms with Gasteiger partial charge in [0.1, 0.15) is 0 Å². The summed E-state index contributed by atoms with van der Waals surface area (Å²) in [6.45, 7) is 5.50. The van der Waals surface area contributed by atoms with E-state index in [2.05, 4.69) is 15.8 Å². The van der Waals surface area contributed by atoms with Crippen molar-refractivity contribution in [1.82, 2.24) is 4.90 Å². The maximum atomic E-state index is 9.33. The highest BCUT2D eigenvalue weighted by Crippen LogP contribution is 1.90. The highest BCUT2D eigenvalue weighted by molar-refractivity contribution is 7.80. The molecule has 0 aromatic carbocycles. The summed E-state index contributed by atoms with van der Waals surface area (Å²) in [4.78, 5) is 5.92. The largest absolute Gasteiger partial charge is 0.397 e. The van der Waals surface area contributed by atoms with Gasteiger partial charge in [0.2, 0.25) is 0 Å². The molecule has 0 aromatic heterocycles. The number of hydrogen-bond acceptors (Lipinski definition) is 5. The van der Waals surface area contributed by atoms with Crippen molar-refractivity contribution in [2.24, 2.45) is 4.99 Å². The van der Waals surface area contributed by atoms with Gasteiger partial charge in [-0.25, -0.2) is 0 Å². The van der Waals surface area contributed by atoms with Gasteiger partial charge in [-0.1, -0.05) is 6.58 Å². The fourth-order valence-electron chi connectivity index (χ4n) is 0.532. The van der Waals surface area contributed by atoms with Crippen LogP contribution in [0.15, 0.2) is 17.8 Å². The highest BCUT2D eigenvalue weighted by atomic mass is 32.3. The molecule has 76 valence electrons. The molecule has 0 unspecified atom stereocenters. The van der Waals surface area contributed by atoms with Gasteiger partial charge in [0.05, 0.1) is 20.0 Å². The second kappa shape index (κ2) is 5.68. The molecule has 13 heavy (non-hydrogen) atoms. The van der Waals surface area contributed by atoms with Gasteiger partial charge in [0, 0.05) is 6.54 Å². The lowest BCUT2D eigenvalue weighted by atomic mass is 10.6. The number of rotatable bonds is 2. The highest BCUT2D eigenvalue weighted by Gasteiger charge is 1.96. The molecule has 1 rings (SSSR count). The van der Waals surface area contributed by atoms with Gasteiger partial charge in [-0.3, -0.25) is 13.7 Å². The molecular weight excluding hydrogens is 196 g/mol. The van der Waals surface area contributed by atoms with E-state index in [0.29, 0.717) is 0 Å². The molecule has 1 aliphatic heterocycles. The fraction of sp³-hybridized carbons (Fsp3) is 0.500. The predicted octanol–water partition coefficient (Wildman–Crippen LogP) is -0.0906. The Hall–Kier alpha value is -0.920. The summed E-state index contributed by atoms with van der Waals surface area (Å²) in [7, 11) is -3.29. The molecule has 0 saturated carbocycles. The maximum Gasteiger partial charge on any atom is 0.397 e. The molecule has 1 N–H and O–H groups in total. The third-order valence-corrected chi connectivity index (χ3v) is 1.58. The number of aliphatic imine (C=N–C) groups is 1. The molecule has 0 radical (unpaired) electrons. The number of hydrogen-bond donors (Lipinski definition) is 1. The molecule has 0 bridgehead atoms. The van der Waals surface area contributed by atoms with E-state index in [0.717, 1.165) is 20.2 Å². The van der Waals surface area contributed by atoms with Crippen LogP contribution >= 0.6 is 0 Å². The topological polar surface area (TPSA) is 79.2 Å². The van der Waals surface area contributed by atoms with Crippen molar-refractivity contribution in [3.63, 3.8) is 0 Å². The second-order valence-electron chi connectivity index (χ2n) is 2.04. The van der Waals surface area contributed by atoms with E-state index in [1.54, 1.807) is 12.5 Å². The Bertz CT molecular complexity index is 272. The molecular formula is C6H12N2O4S. The Kier molecular flexibility index (Phi) is 5.28. The molecule has 0 atom stereocenters. The van der Waals surface area contributed by atoms with Gasteiger partial charge in [-0.2, -0.15) is 8.42 Å². The monoisotopic (exact) mass is 208 g/mol. The van der Waals surface area contributed by atoms with E-state index in [1.165, 1.54) is 0 Å². The van der Waals surface area contributed by atoms with Crippen LogP contribution in [0.2, 0.25) is 0 Å². The Labute approximate surface area is 77.5 Å². The first-order chi connectivity index (χ1) is 5.99. The minimum absolute atomic E-state index is 0.870. The van der Waals surface area contributed by atoms with Crippen LogP contribution in [0, 0.1) is 0 Å². The first-order valence-electron chi connectivity index (χ1n) is 3.41. The van der Waals surface area contributed by atoms with E-state index in [-0.39, 0.29) is 0 Å². The normalized spacial score (nSPS) is 15.1. The minimum Gasteiger partial charge on any atom is -0.338 e. The zero-order valence-electron chi connectivity index (χ0n) is 7.25. The van der Waals surface area contributed by atoms with Crippen LogP contribution in [-0.2, 0) is 14.6 Å². The minimum atomic E-state index is -4.16. The molecule has 0 saturated heterocycles. The molecule has 0 amide bonds. The van der Waals surface area contributed by atoms with Crippen LogP contribution in [0.3, 0.4) is 0 Å². The van der Waals surface area contributed by atoms with Crippen molar-refractivity contribution in [2.75, 3.05) is 20.2 Å². The third kappa shape index (κ3) is 7.44. The van der Waals surface area contributed by atoms with Crippen molar-refractivity contribution in [3.8, 4) is 0 Å². The smallest absolute Gasteiger partial charge is 0.338 e. The third-order valence-electron chi connectivity index (χ3n) is 1.16. The summed E-state index contributed by atoms with van der Waals surface area (Å²) >= 11 is 0. The van der Waals surface area contributed by atoms with Gasteiger partial charge in [0.25, 0.3) is 0 Å². The van der Waals surface area contributed by atoms with Crippen LogP contribution in [0.25, 0.3) is 0 Å². The van der Waals surface area contributed by atoms with Gasteiger partial charge in [0.15, 0.2) is 0 Å². The number of nitrogens with zero attached hydrogens (tertiary/aromatic N) is 2. The van der Waals surface area contributed by atoms with Crippen molar-refractivity contribution < 1.29 is 17.2 Å². The van der Waals surface area contributed by atoms with E-state index in [4.69, 9.17) is 4.55 Å². The molecule has 0 aliphatic carbocycles. The van der Waals surface area contributed by atoms with E-state index >= 15 is 0 Å². The van der Waals surface area contributed by atoms with Crippen LogP contribution in [0.1, 0.15) is 0 Å².